The van der Waals surface area contributed by atoms with E-state index in [1.54, 1.807) is 37.3 Å². The number of thiocarbonyl (C=S) groups is 1. The minimum absolute atomic E-state index is 0.0559. The molecule has 0 aliphatic rings. The minimum Gasteiger partial charge on any atom is -0.490 e. The zero-order valence-electron chi connectivity index (χ0n) is 20.7. The molecule has 0 aromatic heterocycles. The summed E-state index contributed by atoms with van der Waals surface area (Å²) in [6.07, 6.45) is -0.798. The van der Waals surface area contributed by atoms with Gasteiger partial charge in [-0.2, -0.15) is 0 Å². The van der Waals surface area contributed by atoms with E-state index in [-0.39, 0.29) is 5.11 Å². The molecular weight excluding hydrogens is 502 g/mol. The summed E-state index contributed by atoms with van der Waals surface area (Å²) in [7, 11) is 0. The Hall–Kier alpha value is -4.63. The number of amides is 2. The third-order valence-electron chi connectivity index (χ3n) is 5.41. The Kier molecular flexibility index (Phi) is 9.09. The molecule has 9 heteroatoms. The number of hydrogen-bond acceptors (Lipinski definition) is 6. The lowest BCUT2D eigenvalue weighted by Crippen LogP contribution is -2.51. The number of carbonyl (C=O) groups is 2. The van der Waals surface area contributed by atoms with Gasteiger partial charge >= 0.3 is 0 Å². The summed E-state index contributed by atoms with van der Waals surface area (Å²) in [6.45, 7) is 2.37. The fourth-order valence-electron chi connectivity index (χ4n) is 3.46. The highest BCUT2D eigenvalue weighted by Crippen LogP contribution is 2.21. The summed E-state index contributed by atoms with van der Waals surface area (Å²) in [5.74, 6) is 1.06. The van der Waals surface area contributed by atoms with Crippen LogP contribution in [0.15, 0.2) is 97.1 Å². The van der Waals surface area contributed by atoms with E-state index in [2.05, 4.69) is 16.2 Å². The largest absolute Gasteiger partial charge is 0.490 e. The van der Waals surface area contributed by atoms with Crippen molar-refractivity contribution >= 4 is 39.9 Å². The maximum atomic E-state index is 12.5. The Morgan fingerprint density at radius 2 is 1.34 bits per heavy atom. The number of benzene rings is 4. The maximum absolute atomic E-state index is 12.5. The third-order valence-corrected chi connectivity index (χ3v) is 5.61. The molecule has 0 aliphatic carbocycles. The van der Waals surface area contributed by atoms with Crippen LogP contribution in [-0.4, -0.2) is 36.2 Å². The molecule has 3 N–H and O–H groups in total. The lowest BCUT2D eigenvalue weighted by molar-refractivity contribution is -0.127. The van der Waals surface area contributed by atoms with Gasteiger partial charge in [0.25, 0.3) is 11.8 Å². The van der Waals surface area contributed by atoms with Crippen molar-refractivity contribution in [3.8, 4) is 17.2 Å². The fraction of sp³-hybridized carbons (Fsp3) is 0.138. The van der Waals surface area contributed by atoms with Crippen molar-refractivity contribution in [1.82, 2.24) is 16.2 Å². The summed E-state index contributed by atoms with van der Waals surface area (Å²) in [5, 5.41) is 4.55. The molecule has 4 aromatic rings. The highest BCUT2D eigenvalue weighted by molar-refractivity contribution is 7.80. The first-order valence-electron chi connectivity index (χ1n) is 12.0. The van der Waals surface area contributed by atoms with Gasteiger partial charge < -0.3 is 14.2 Å². The molecule has 1 unspecified atom stereocenters. The third kappa shape index (κ3) is 7.68. The highest BCUT2D eigenvalue weighted by Gasteiger charge is 2.16. The van der Waals surface area contributed by atoms with Crippen molar-refractivity contribution in [3.63, 3.8) is 0 Å². The molecule has 0 heterocycles. The number of rotatable bonds is 9. The van der Waals surface area contributed by atoms with Gasteiger partial charge in [-0.05, 0) is 78.4 Å². The van der Waals surface area contributed by atoms with E-state index < -0.39 is 17.9 Å². The average molecular weight is 530 g/mol. The van der Waals surface area contributed by atoms with Gasteiger partial charge in [-0.25, -0.2) is 0 Å². The number of ether oxygens (including phenoxy) is 3. The van der Waals surface area contributed by atoms with Crippen LogP contribution in [-0.2, 0) is 4.79 Å². The van der Waals surface area contributed by atoms with Crippen molar-refractivity contribution in [3.05, 3.63) is 103 Å². The predicted molar refractivity (Wildman–Crippen MR) is 149 cm³/mol. The topological polar surface area (TPSA) is 97.9 Å². The molecule has 8 nitrogen and oxygen atoms in total. The van der Waals surface area contributed by atoms with Crippen molar-refractivity contribution in [2.75, 3.05) is 13.2 Å². The molecule has 0 spiro atoms. The molecule has 0 fully saturated rings. The van der Waals surface area contributed by atoms with Gasteiger partial charge in [0.1, 0.15) is 30.5 Å². The fourth-order valence-corrected chi connectivity index (χ4v) is 3.61. The SMILES string of the molecule is CC(Oc1ccc2ccccc2c1)C(=O)NNC(=S)NC(=O)c1ccc(OCCOc2ccccc2)cc1. The molecule has 0 bridgehead atoms. The Balaban J connectivity index is 1.17. The number of hydrazine groups is 1. The first-order chi connectivity index (χ1) is 18.5. The van der Waals surface area contributed by atoms with Crippen LogP contribution in [0.4, 0.5) is 0 Å². The van der Waals surface area contributed by atoms with Crippen LogP contribution in [0.2, 0.25) is 0 Å². The molecule has 38 heavy (non-hydrogen) atoms. The van der Waals surface area contributed by atoms with Gasteiger partial charge in [-0.15, -0.1) is 0 Å². The number of carbonyl (C=O) groups excluding carboxylic acids is 2. The van der Waals surface area contributed by atoms with Crippen molar-refractivity contribution in [2.24, 2.45) is 0 Å². The Morgan fingerprint density at radius 1 is 0.737 bits per heavy atom. The van der Waals surface area contributed by atoms with E-state index in [1.807, 2.05) is 66.7 Å². The van der Waals surface area contributed by atoms with E-state index >= 15 is 0 Å². The van der Waals surface area contributed by atoms with Gasteiger partial charge in [0.05, 0.1) is 0 Å². The molecule has 0 saturated carbocycles. The van der Waals surface area contributed by atoms with Gasteiger partial charge in [-0.3, -0.25) is 25.8 Å². The summed E-state index contributed by atoms with van der Waals surface area (Å²) >= 11 is 5.12. The minimum atomic E-state index is -0.798. The first-order valence-corrected chi connectivity index (χ1v) is 12.4. The Bertz CT molecular complexity index is 1400. The molecule has 4 rings (SSSR count). The Morgan fingerprint density at radius 3 is 2.05 bits per heavy atom. The zero-order valence-corrected chi connectivity index (χ0v) is 21.5. The van der Waals surface area contributed by atoms with Gasteiger partial charge in [0, 0.05) is 5.56 Å². The lowest BCUT2D eigenvalue weighted by Gasteiger charge is -2.16. The van der Waals surface area contributed by atoms with Gasteiger partial charge in [-0.1, -0.05) is 48.5 Å². The molecule has 1 atom stereocenters. The summed E-state index contributed by atoms with van der Waals surface area (Å²) in [6, 6.07) is 29.5. The van der Waals surface area contributed by atoms with Crippen molar-refractivity contribution < 1.29 is 23.8 Å². The normalized spacial score (nSPS) is 11.2. The van der Waals surface area contributed by atoms with Crippen LogP contribution in [0.25, 0.3) is 10.8 Å². The average Bonchev–Trinajstić information content (AvgIpc) is 2.94. The first kappa shape index (κ1) is 26.4. The van der Waals surface area contributed by atoms with Crippen LogP contribution >= 0.6 is 12.2 Å². The monoisotopic (exact) mass is 529 g/mol. The van der Waals surface area contributed by atoms with Crippen molar-refractivity contribution in [1.29, 1.82) is 0 Å². The van der Waals surface area contributed by atoms with Crippen LogP contribution in [0.3, 0.4) is 0 Å². The zero-order chi connectivity index (χ0) is 26.7. The van der Waals surface area contributed by atoms with Gasteiger partial charge in [0.15, 0.2) is 11.2 Å². The molecular formula is C29H27N3O5S. The number of para-hydroxylation sites is 1. The molecule has 194 valence electrons. The second-order valence-corrected chi connectivity index (χ2v) is 8.61. The lowest BCUT2D eigenvalue weighted by atomic mass is 10.1. The second-order valence-electron chi connectivity index (χ2n) is 8.20. The van der Waals surface area contributed by atoms with Crippen LogP contribution in [0.1, 0.15) is 17.3 Å². The highest BCUT2D eigenvalue weighted by atomic mass is 32.1. The van der Waals surface area contributed by atoms with E-state index in [4.69, 9.17) is 26.4 Å². The Labute approximate surface area is 225 Å². The van der Waals surface area contributed by atoms with E-state index in [0.29, 0.717) is 30.3 Å². The predicted octanol–water partition coefficient (Wildman–Crippen LogP) is 4.40. The summed E-state index contributed by atoms with van der Waals surface area (Å²) < 4.78 is 17.0. The number of nitrogens with one attached hydrogen (secondary N) is 3. The molecule has 2 amide bonds. The second kappa shape index (κ2) is 13.1. The van der Waals surface area contributed by atoms with Crippen LogP contribution in [0.5, 0.6) is 17.2 Å². The molecule has 0 saturated heterocycles. The van der Waals surface area contributed by atoms with Crippen molar-refractivity contribution in [2.45, 2.75) is 13.0 Å². The molecule has 0 aliphatic heterocycles. The summed E-state index contributed by atoms with van der Waals surface area (Å²) in [5.41, 5.74) is 5.34. The standard InChI is InChI=1S/C29H27N3O5S/c1-20(37-26-16-11-21-7-5-6-8-23(21)19-26)27(33)31-32-29(38)30-28(34)22-12-14-25(15-13-22)36-18-17-35-24-9-3-2-4-10-24/h2-16,19-20H,17-18H2,1H3,(H,31,33)(H2,30,32,34,38). The van der Waals surface area contributed by atoms with E-state index in [0.717, 1.165) is 16.5 Å². The maximum Gasteiger partial charge on any atom is 0.279 e. The van der Waals surface area contributed by atoms with Crippen LogP contribution < -0.4 is 30.4 Å². The number of hydrogen-bond donors (Lipinski definition) is 3. The smallest absolute Gasteiger partial charge is 0.279 e. The molecule has 4 aromatic carbocycles. The van der Waals surface area contributed by atoms with Gasteiger partial charge in [0.2, 0.25) is 0 Å². The summed E-state index contributed by atoms with van der Waals surface area (Å²) in [4.78, 5) is 24.9. The van der Waals surface area contributed by atoms with Crippen LogP contribution in [0, 0.1) is 0 Å². The van der Waals surface area contributed by atoms with E-state index in [1.165, 1.54) is 0 Å². The van der Waals surface area contributed by atoms with E-state index in [9.17, 15) is 9.59 Å². The molecule has 0 radical (unpaired) electrons. The number of fused-ring (bicyclic) bond motifs is 1. The quantitative estimate of drug-likeness (QED) is 0.168.